The van der Waals surface area contributed by atoms with Gasteiger partial charge >= 0.3 is 0 Å². The van der Waals surface area contributed by atoms with Crippen LogP contribution in [0.5, 0.6) is 0 Å². The fourth-order valence-corrected chi connectivity index (χ4v) is 3.91. The largest absolute Gasteiger partial charge is 0.315 e. The standard InChI is InChI=1S/C12H16Cl2N2O2S/c13-11-3-2-10(8-12(11)14)9-19(17,18)16-6-1-4-15-5-7-16/h2-3,8,15H,1,4-7,9H2. The molecule has 1 aromatic carbocycles. The Morgan fingerprint density at radius 3 is 2.68 bits per heavy atom. The molecule has 1 heterocycles. The fourth-order valence-electron chi connectivity index (χ4n) is 2.03. The molecule has 0 spiro atoms. The second-order valence-corrected chi connectivity index (χ2v) is 7.29. The third-order valence-corrected chi connectivity index (χ3v) is 5.61. The zero-order valence-corrected chi connectivity index (χ0v) is 12.7. The topological polar surface area (TPSA) is 49.4 Å². The van der Waals surface area contributed by atoms with Gasteiger partial charge < -0.3 is 5.32 Å². The van der Waals surface area contributed by atoms with E-state index in [2.05, 4.69) is 5.32 Å². The maximum Gasteiger partial charge on any atom is 0.218 e. The summed E-state index contributed by atoms with van der Waals surface area (Å²) in [4.78, 5) is 0. The molecular formula is C12H16Cl2N2O2S. The van der Waals surface area contributed by atoms with E-state index in [1.165, 1.54) is 4.31 Å². The summed E-state index contributed by atoms with van der Waals surface area (Å²) >= 11 is 11.7. The van der Waals surface area contributed by atoms with Crippen LogP contribution in [0.25, 0.3) is 0 Å². The van der Waals surface area contributed by atoms with Crippen molar-refractivity contribution in [2.75, 3.05) is 26.2 Å². The van der Waals surface area contributed by atoms with Crippen LogP contribution < -0.4 is 5.32 Å². The summed E-state index contributed by atoms with van der Waals surface area (Å²) < 4.78 is 26.2. The highest BCUT2D eigenvalue weighted by Gasteiger charge is 2.23. The molecule has 1 aliphatic heterocycles. The molecule has 0 bridgehead atoms. The summed E-state index contributed by atoms with van der Waals surface area (Å²) in [5, 5.41) is 4.00. The monoisotopic (exact) mass is 322 g/mol. The molecule has 7 heteroatoms. The maximum absolute atomic E-state index is 12.3. The minimum atomic E-state index is -3.30. The van der Waals surface area contributed by atoms with Crippen LogP contribution in [-0.2, 0) is 15.8 Å². The van der Waals surface area contributed by atoms with Crippen LogP contribution in [0.3, 0.4) is 0 Å². The Bertz CT molecular complexity index is 541. The molecule has 1 aliphatic rings. The molecule has 2 rings (SSSR count). The van der Waals surface area contributed by atoms with Crippen molar-refractivity contribution in [2.45, 2.75) is 12.2 Å². The molecule has 1 saturated heterocycles. The average Bonchev–Trinajstić information content (AvgIpc) is 2.63. The number of sulfonamides is 1. The minimum Gasteiger partial charge on any atom is -0.315 e. The molecule has 0 aliphatic carbocycles. The number of halogens is 2. The highest BCUT2D eigenvalue weighted by Crippen LogP contribution is 2.24. The molecule has 106 valence electrons. The molecule has 0 atom stereocenters. The van der Waals surface area contributed by atoms with E-state index >= 15 is 0 Å². The summed E-state index contributed by atoms with van der Waals surface area (Å²) in [5.74, 6) is -0.0378. The van der Waals surface area contributed by atoms with Gasteiger partial charge in [-0.3, -0.25) is 0 Å². The third kappa shape index (κ3) is 4.07. The molecule has 0 aromatic heterocycles. The summed E-state index contributed by atoms with van der Waals surface area (Å²) in [7, 11) is -3.30. The van der Waals surface area contributed by atoms with E-state index in [1.807, 2.05) is 0 Å². The summed E-state index contributed by atoms with van der Waals surface area (Å²) in [6.07, 6.45) is 0.834. The van der Waals surface area contributed by atoms with Gasteiger partial charge in [0, 0.05) is 19.6 Å². The van der Waals surface area contributed by atoms with E-state index < -0.39 is 10.0 Å². The van der Waals surface area contributed by atoms with E-state index in [0.29, 0.717) is 35.2 Å². The Kier molecular flexibility index (Phi) is 5.09. The molecule has 19 heavy (non-hydrogen) atoms. The zero-order chi connectivity index (χ0) is 13.9. The van der Waals surface area contributed by atoms with Crippen molar-refractivity contribution >= 4 is 33.2 Å². The SMILES string of the molecule is O=S(=O)(Cc1ccc(Cl)c(Cl)c1)N1CCCNCC1. The zero-order valence-electron chi connectivity index (χ0n) is 10.4. The molecular weight excluding hydrogens is 307 g/mol. The first-order chi connectivity index (χ1) is 8.99. The normalized spacial score (nSPS) is 18.2. The molecule has 1 fully saturated rings. The van der Waals surface area contributed by atoms with E-state index in [1.54, 1.807) is 18.2 Å². The van der Waals surface area contributed by atoms with Crippen LogP contribution in [0.15, 0.2) is 18.2 Å². The first kappa shape index (κ1) is 15.1. The van der Waals surface area contributed by atoms with Crippen LogP contribution in [0.1, 0.15) is 12.0 Å². The van der Waals surface area contributed by atoms with Crippen LogP contribution in [0.4, 0.5) is 0 Å². The van der Waals surface area contributed by atoms with Crippen molar-refractivity contribution in [1.82, 2.24) is 9.62 Å². The second-order valence-electron chi connectivity index (χ2n) is 4.51. The van der Waals surface area contributed by atoms with Crippen molar-refractivity contribution < 1.29 is 8.42 Å². The first-order valence-electron chi connectivity index (χ1n) is 6.11. The van der Waals surface area contributed by atoms with Crippen LogP contribution in [-0.4, -0.2) is 38.9 Å². The van der Waals surface area contributed by atoms with Gasteiger partial charge in [0.1, 0.15) is 0 Å². The van der Waals surface area contributed by atoms with Gasteiger partial charge in [-0.25, -0.2) is 12.7 Å². The van der Waals surface area contributed by atoms with Crippen molar-refractivity contribution in [3.63, 3.8) is 0 Å². The van der Waals surface area contributed by atoms with Crippen LogP contribution >= 0.6 is 23.2 Å². The van der Waals surface area contributed by atoms with E-state index in [4.69, 9.17) is 23.2 Å². The van der Waals surface area contributed by atoms with Crippen molar-refractivity contribution in [1.29, 1.82) is 0 Å². The lowest BCUT2D eigenvalue weighted by atomic mass is 10.2. The predicted octanol–water partition coefficient (Wildman–Crippen LogP) is 2.12. The highest BCUT2D eigenvalue weighted by atomic mass is 35.5. The number of nitrogens with one attached hydrogen (secondary N) is 1. The number of benzene rings is 1. The highest BCUT2D eigenvalue weighted by molar-refractivity contribution is 7.88. The number of rotatable bonds is 3. The smallest absolute Gasteiger partial charge is 0.218 e. The first-order valence-corrected chi connectivity index (χ1v) is 8.48. The van der Waals surface area contributed by atoms with Gasteiger partial charge in [0.05, 0.1) is 15.8 Å². The lowest BCUT2D eigenvalue weighted by molar-refractivity contribution is 0.431. The van der Waals surface area contributed by atoms with Gasteiger partial charge in [0.25, 0.3) is 0 Å². The van der Waals surface area contributed by atoms with Gasteiger partial charge in [-0.1, -0.05) is 29.3 Å². The Labute approximate surface area is 123 Å². The van der Waals surface area contributed by atoms with Gasteiger partial charge in [-0.2, -0.15) is 0 Å². The van der Waals surface area contributed by atoms with Gasteiger partial charge in [-0.15, -0.1) is 0 Å². The van der Waals surface area contributed by atoms with Gasteiger partial charge in [0.15, 0.2) is 0 Å². The predicted molar refractivity (Wildman–Crippen MR) is 78.1 cm³/mol. The van der Waals surface area contributed by atoms with Gasteiger partial charge in [-0.05, 0) is 30.7 Å². The van der Waals surface area contributed by atoms with Gasteiger partial charge in [0.2, 0.25) is 10.0 Å². The summed E-state index contributed by atoms with van der Waals surface area (Å²) in [5.41, 5.74) is 0.659. The van der Waals surface area contributed by atoms with Crippen molar-refractivity contribution in [3.05, 3.63) is 33.8 Å². The Balaban J connectivity index is 2.13. The third-order valence-electron chi connectivity index (χ3n) is 3.03. The Hall–Kier alpha value is -0.330. The molecule has 1 aromatic rings. The molecule has 0 radical (unpaired) electrons. The van der Waals surface area contributed by atoms with E-state index in [0.717, 1.165) is 13.0 Å². The minimum absolute atomic E-state index is 0.0378. The number of hydrogen-bond acceptors (Lipinski definition) is 3. The Morgan fingerprint density at radius 2 is 1.95 bits per heavy atom. The van der Waals surface area contributed by atoms with E-state index in [9.17, 15) is 8.42 Å². The Morgan fingerprint density at radius 1 is 1.16 bits per heavy atom. The van der Waals surface area contributed by atoms with Crippen LogP contribution in [0.2, 0.25) is 10.0 Å². The van der Waals surface area contributed by atoms with Crippen molar-refractivity contribution in [3.8, 4) is 0 Å². The second kappa shape index (κ2) is 6.41. The average molecular weight is 323 g/mol. The lowest BCUT2D eigenvalue weighted by Crippen LogP contribution is -2.35. The number of hydrogen-bond donors (Lipinski definition) is 1. The molecule has 4 nitrogen and oxygen atoms in total. The molecule has 0 unspecified atom stereocenters. The molecule has 0 amide bonds. The maximum atomic E-state index is 12.3. The molecule has 1 N–H and O–H groups in total. The fraction of sp³-hybridized carbons (Fsp3) is 0.500. The molecule has 0 saturated carbocycles. The van der Waals surface area contributed by atoms with E-state index in [-0.39, 0.29) is 5.75 Å². The summed E-state index contributed by atoms with van der Waals surface area (Å²) in [6.45, 7) is 2.64. The quantitative estimate of drug-likeness (QED) is 0.927. The number of nitrogens with zero attached hydrogens (tertiary/aromatic N) is 1. The van der Waals surface area contributed by atoms with Crippen LogP contribution in [0, 0.1) is 0 Å². The lowest BCUT2D eigenvalue weighted by Gasteiger charge is -2.19. The van der Waals surface area contributed by atoms with Crippen molar-refractivity contribution in [2.24, 2.45) is 0 Å². The summed E-state index contributed by atoms with van der Waals surface area (Å²) in [6, 6.07) is 4.93.